The van der Waals surface area contributed by atoms with Crippen molar-refractivity contribution in [1.29, 1.82) is 0 Å². The van der Waals surface area contributed by atoms with Crippen molar-refractivity contribution in [2.24, 2.45) is 0 Å². The van der Waals surface area contributed by atoms with Crippen molar-refractivity contribution in [2.45, 2.75) is 19.6 Å². The van der Waals surface area contributed by atoms with Gasteiger partial charge in [-0.05, 0) is 19.1 Å². The van der Waals surface area contributed by atoms with Gasteiger partial charge in [0.15, 0.2) is 6.10 Å². The number of hydrogen-bond donors (Lipinski definition) is 1. The fourth-order valence-corrected chi connectivity index (χ4v) is 1.82. The van der Waals surface area contributed by atoms with Crippen LogP contribution in [0.25, 0.3) is 0 Å². The minimum absolute atomic E-state index is 0.185. The molecule has 1 aromatic heterocycles. The molecule has 1 N–H and O–H groups in total. The average Bonchev–Trinajstić information content (AvgIpc) is 2.90. The van der Waals surface area contributed by atoms with Gasteiger partial charge in [-0.15, -0.1) is 0 Å². The van der Waals surface area contributed by atoms with Crippen LogP contribution in [-0.4, -0.2) is 34.2 Å². The molecule has 106 valence electrons. The predicted molar refractivity (Wildman–Crippen MR) is 71.6 cm³/mol. The molecule has 0 saturated carbocycles. The minimum atomic E-state index is -0.686. The highest BCUT2D eigenvalue weighted by Crippen LogP contribution is 2.15. The Labute approximate surface area is 116 Å². The third-order valence-electron chi connectivity index (χ3n) is 2.81. The van der Waals surface area contributed by atoms with Gasteiger partial charge >= 0.3 is 0 Å². The van der Waals surface area contributed by atoms with E-state index in [0.717, 1.165) is 5.56 Å². The number of nitrogens with one attached hydrogen (secondary N) is 1. The molecule has 0 aliphatic carbocycles. The van der Waals surface area contributed by atoms with E-state index in [1.54, 1.807) is 32.4 Å². The SMILES string of the molecule is CC(Oc1cccc(F)c1)C(=O)N(C)Cc1cn[nH]c1. The smallest absolute Gasteiger partial charge is 0.263 e. The van der Waals surface area contributed by atoms with Crippen LogP contribution in [0.15, 0.2) is 36.7 Å². The summed E-state index contributed by atoms with van der Waals surface area (Å²) in [7, 11) is 1.68. The molecule has 1 heterocycles. The summed E-state index contributed by atoms with van der Waals surface area (Å²) in [6, 6.07) is 5.73. The van der Waals surface area contributed by atoms with Gasteiger partial charge in [-0.3, -0.25) is 9.89 Å². The summed E-state index contributed by atoms with van der Waals surface area (Å²) >= 11 is 0. The van der Waals surface area contributed by atoms with Crippen molar-refractivity contribution >= 4 is 5.91 Å². The molecule has 0 saturated heterocycles. The maximum absolute atomic E-state index is 13.0. The number of ether oxygens (including phenoxy) is 1. The number of nitrogens with zero attached hydrogens (tertiary/aromatic N) is 2. The summed E-state index contributed by atoms with van der Waals surface area (Å²) in [6.07, 6.45) is 2.69. The van der Waals surface area contributed by atoms with Crippen molar-refractivity contribution in [1.82, 2.24) is 15.1 Å². The van der Waals surface area contributed by atoms with Crippen LogP contribution < -0.4 is 4.74 Å². The maximum atomic E-state index is 13.0. The zero-order valence-electron chi connectivity index (χ0n) is 11.3. The third kappa shape index (κ3) is 3.57. The lowest BCUT2D eigenvalue weighted by atomic mass is 10.3. The number of amides is 1. The van der Waals surface area contributed by atoms with Gasteiger partial charge in [0.25, 0.3) is 5.91 Å². The number of aromatic amines is 1. The standard InChI is InChI=1S/C14H16FN3O2/c1-10(20-13-5-3-4-12(15)6-13)14(19)18(2)9-11-7-16-17-8-11/h3-8,10H,9H2,1-2H3,(H,16,17). The summed E-state index contributed by atoms with van der Waals surface area (Å²) in [4.78, 5) is 13.7. The van der Waals surface area contributed by atoms with E-state index in [9.17, 15) is 9.18 Å². The van der Waals surface area contributed by atoms with E-state index in [1.807, 2.05) is 0 Å². The Morgan fingerprint density at radius 1 is 1.55 bits per heavy atom. The van der Waals surface area contributed by atoms with Crippen molar-refractivity contribution in [3.63, 3.8) is 0 Å². The lowest BCUT2D eigenvalue weighted by Gasteiger charge is -2.21. The van der Waals surface area contributed by atoms with E-state index in [4.69, 9.17) is 4.74 Å². The number of hydrogen-bond acceptors (Lipinski definition) is 3. The van der Waals surface area contributed by atoms with Gasteiger partial charge in [0.2, 0.25) is 0 Å². The summed E-state index contributed by atoms with van der Waals surface area (Å²) in [6.45, 7) is 2.07. The number of likely N-dealkylation sites (N-methyl/N-ethyl adjacent to an activating group) is 1. The van der Waals surface area contributed by atoms with Crippen molar-refractivity contribution in [3.05, 3.63) is 48.0 Å². The van der Waals surface area contributed by atoms with Crippen LogP contribution in [0.4, 0.5) is 4.39 Å². The zero-order valence-corrected chi connectivity index (χ0v) is 11.3. The first-order valence-corrected chi connectivity index (χ1v) is 6.21. The topological polar surface area (TPSA) is 58.2 Å². The van der Waals surface area contributed by atoms with Crippen LogP contribution in [0.1, 0.15) is 12.5 Å². The Balaban J connectivity index is 1.94. The van der Waals surface area contributed by atoms with E-state index in [-0.39, 0.29) is 5.91 Å². The van der Waals surface area contributed by atoms with Crippen LogP contribution in [0, 0.1) is 5.82 Å². The molecule has 0 aliphatic rings. The second-order valence-corrected chi connectivity index (χ2v) is 4.52. The van der Waals surface area contributed by atoms with E-state index < -0.39 is 11.9 Å². The van der Waals surface area contributed by atoms with E-state index >= 15 is 0 Å². The normalized spacial score (nSPS) is 11.9. The highest BCUT2D eigenvalue weighted by molar-refractivity contribution is 5.80. The summed E-state index contributed by atoms with van der Waals surface area (Å²) in [5.74, 6) is -0.244. The third-order valence-corrected chi connectivity index (χ3v) is 2.81. The fraction of sp³-hybridized carbons (Fsp3) is 0.286. The van der Waals surface area contributed by atoms with Gasteiger partial charge in [-0.1, -0.05) is 6.07 Å². The Morgan fingerprint density at radius 2 is 2.35 bits per heavy atom. The lowest BCUT2D eigenvalue weighted by molar-refractivity contribution is -0.137. The zero-order chi connectivity index (χ0) is 14.5. The number of rotatable bonds is 5. The highest BCUT2D eigenvalue weighted by atomic mass is 19.1. The first-order chi connectivity index (χ1) is 9.56. The number of halogens is 1. The lowest BCUT2D eigenvalue weighted by Crippen LogP contribution is -2.37. The fourth-order valence-electron chi connectivity index (χ4n) is 1.82. The molecule has 0 radical (unpaired) electrons. The Hall–Kier alpha value is -2.37. The summed E-state index contributed by atoms with van der Waals surface area (Å²) < 4.78 is 18.5. The van der Waals surface area contributed by atoms with E-state index in [0.29, 0.717) is 12.3 Å². The van der Waals surface area contributed by atoms with Gasteiger partial charge in [0.1, 0.15) is 11.6 Å². The molecule has 6 heteroatoms. The largest absolute Gasteiger partial charge is 0.481 e. The Morgan fingerprint density at radius 3 is 3.00 bits per heavy atom. The molecule has 1 unspecified atom stereocenters. The summed E-state index contributed by atoms with van der Waals surface area (Å²) in [5, 5.41) is 6.51. The van der Waals surface area contributed by atoms with Crippen LogP contribution in [0.2, 0.25) is 0 Å². The number of carbonyl (C=O) groups excluding carboxylic acids is 1. The van der Waals surface area contributed by atoms with Gasteiger partial charge in [0.05, 0.1) is 6.20 Å². The first kappa shape index (κ1) is 14.0. The maximum Gasteiger partial charge on any atom is 0.263 e. The van der Waals surface area contributed by atoms with Gasteiger partial charge in [-0.25, -0.2) is 4.39 Å². The Kier molecular flexibility index (Phi) is 4.34. The molecular formula is C14H16FN3O2. The monoisotopic (exact) mass is 277 g/mol. The van der Waals surface area contributed by atoms with Gasteiger partial charge in [0, 0.05) is 31.4 Å². The quantitative estimate of drug-likeness (QED) is 0.909. The number of aromatic nitrogens is 2. The minimum Gasteiger partial charge on any atom is -0.481 e. The number of carbonyl (C=O) groups is 1. The molecule has 1 aromatic carbocycles. The molecule has 2 rings (SSSR count). The van der Waals surface area contributed by atoms with Gasteiger partial charge in [-0.2, -0.15) is 5.10 Å². The molecule has 0 aliphatic heterocycles. The average molecular weight is 277 g/mol. The molecular weight excluding hydrogens is 261 g/mol. The van der Waals surface area contributed by atoms with Crippen molar-refractivity contribution in [2.75, 3.05) is 7.05 Å². The molecule has 0 fully saturated rings. The van der Waals surface area contributed by atoms with Crippen LogP contribution in [0.3, 0.4) is 0 Å². The molecule has 1 atom stereocenters. The number of benzene rings is 1. The second kappa shape index (κ2) is 6.18. The molecule has 0 bridgehead atoms. The van der Waals surface area contributed by atoms with Crippen LogP contribution >= 0.6 is 0 Å². The highest BCUT2D eigenvalue weighted by Gasteiger charge is 2.19. The molecule has 20 heavy (non-hydrogen) atoms. The predicted octanol–water partition coefficient (Wildman–Crippen LogP) is 1.97. The van der Waals surface area contributed by atoms with E-state index in [2.05, 4.69) is 10.2 Å². The molecule has 1 amide bonds. The Bertz CT molecular complexity index is 572. The number of H-pyrrole nitrogens is 1. The van der Waals surface area contributed by atoms with Crippen LogP contribution in [-0.2, 0) is 11.3 Å². The van der Waals surface area contributed by atoms with E-state index in [1.165, 1.54) is 23.1 Å². The summed E-state index contributed by atoms with van der Waals surface area (Å²) in [5.41, 5.74) is 0.902. The van der Waals surface area contributed by atoms with Crippen LogP contribution in [0.5, 0.6) is 5.75 Å². The molecule has 2 aromatic rings. The van der Waals surface area contributed by atoms with Crippen molar-refractivity contribution in [3.8, 4) is 5.75 Å². The second-order valence-electron chi connectivity index (χ2n) is 4.52. The first-order valence-electron chi connectivity index (χ1n) is 6.21. The van der Waals surface area contributed by atoms with Gasteiger partial charge < -0.3 is 9.64 Å². The molecule has 0 spiro atoms. The van der Waals surface area contributed by atoms with Crippen molar-refractivity contribution < 1.29 is 13.9 Å². The molecule has 5 nitrogen and oxygen atoms in total.